The van der Waals surface area contributed by atoms with E-state index in [1.807, 2.05) is 0 Å². The summed E-state index contributed by atoms with van der Waals surface area (Å²) in [4.78, 5) is 85.2. The molecule has 246 valence electrons. The van der Waals surface area contributed by atoms with Gasteiger partial charge in [0.05, 0.1) is 62.9 Å². The van der Waals surface area contributed by atoms with Gasteiger partial charge in [-0.2, -0.15) is 0 Å². The zero-order valence-electron chi connectivity index (χ0n) is 24.4. The quantitative estimate of drug-likeness (QED) is 0.0552. The molecule has 17 heteroatoms. The van der Waals surface area contributed by atoms with Gasteiger partial charge in [-0.05, 0) is 20.8 Å². The number of carboxylic acids is 1. The van der Waals surface area contributed by atoms with Crippen molar-refractivity contribution in [3.05, 3.63) is 0 Å². The van der Waals surface area contributed by atoms with Crippen LogP contribution in [-0.2, 0) is 38.3 Å². The van der Waals surface area contributed by atoms with E-state index in [2.05, 4.69) is 16.0 Å². The second-order valence-electron chi connectivity index (χ2n) is 10.7. The van der Waals surface area contributed by atoms with Gasteiger partial charge in [0.25, 0.3) is 0 Å². The van der Waals surface area contributed by atoms with Crippen molar-refractivity contribution in [3.8, 4) is 0 Å². The fraction of sp³-hybridized carbons (Fsp3) is 0.731. The Hall–Kier alpha value is -3.35. The number of amides is 3. The minimum absolute atomic E-state index is 0.306. The highest BCUT2D eigenvalue weighted by atomic mass is 16.5. The minimum Gasteiger partial charge on any atom is -0.481 e. The number of Topliss-reactive ketones (excluding diaryl/α,β-unsaturated/α-hetero) is 3. The van der Waals surface area contributed by atoms with Gasteiger partial charge in [-0.15, -0.1) is 0 Å². The molecule has 0 aliphatic heterocycles. The number of carbonyl (C=O) groups is 7. The standard InChI is InChI=1S/C26H43N3O14/c1-26(2,3)43-13-22(38)27-7-17(35)4-14(8-30)23(39)28-18(11-33)20(36)5-15(9-31)24(40)29-19(12-34)21(37)6-16(10-32)25(41)42/h14-16,18-19,30-34H,4-13H2,1-3H3,(H,27,38)(H,28,39)(H,29,40)(H,41,42)/t14-,15-,16-,18-,19-/m0/s1. The molecule has 5 atom stereocenters. The summed E-state index contributed by atoms with van der Waals surface area (Å²) in [6.07, 6.45) is -1.99. The van der Waals surface area contributed by atoms with Crippen molar-refractivity contribution in [1.82, 2.24) is 16.0 Å². The Bertz CT molecular complexity index is 981. The van der Waals surface area contributed by atoms with Gasteiger partial charge in [0.2, 0.25) is 17.7 Å². The predicted octanol–water partition coefficient (Wildman–Crippen LogP) is -4.34. The highest BCUT2D eigenvalue weighted by molar-refractivity contribution is 5.96. The number of hydrogen-bond acceptors (Lipinski definition) is 13. The Morgan fingerprint density at radius 1 is 0.651 bits per heavy atom. The Balaban J connectivity index is 5.12. The summed E-state index contributed by atoms with van der Waals surface area (Å²) in [6, 6.07) is -3.21. The zero-order valence-corrected chi connectivity index (χ0v) is 24.4. The lowest BCUT2D eigenvalue weighted by atomic mass is 9.96. The molecule has 0 saturated carbocycles. The van der Waals surface area contributed by atoms with E-state index in [-0.39, 0.29) is 6.61 Å². The first-order valence-corrected chi connectivity index (χ1v) is 13.4. The van der Waals surface area contributed by atoms with E-state index >= 15 is 0 Å². The first-order valence-electron chi connectivity index (χ1n) is 13.4. The molecule has 0 radical (unpaired) electrons. The highest BCUT2D eigenvalue weighted by Crippen LogP contribution is 2.11. The first-order chi connectivity index (χ1) is 20.0. The molecular formula is C26H43N3O14. The molecule has 0 heterocycles. The SMILES string of the molecule is CC(C)(C)OCC(=O)NCC(=O)C[C@@H](CO)C(=O)N[C@@H](CO)C(=O)C[C@@H](CO)C(=O)N[C@@H](CO)C(=O)C[C@@H](CO)C(=O)O. The molecule has 0 fully saturated rings. The van der Waals surface area contributed by atoms with Crippen molar-refractivity contribution in [3.63, 3.8) is 0 Å². The molecule has 9 N–H and O–H groups in total. The van der Waals surface area contributed by atoms with Gasteiger partial charge < -0.3 is 51.3 Å². The van der Waals surface area contributed by atoms with E-state index in [0.717, 1.165) is 0 Å². The molecule has 0 aliphatic carbocycles. The maximum atomic E-state index is 12.7. The molecule has 3 amide bonds. The minimum atomic E-state index is -1.61. The van der Waals surface area contributed by atoms with Crippen LogP contribution in [0.3, 0.4) is 0 Å². The topological polar surface area (TPSA) is 286 Å². The Labute approximate surface area is 248 Å². The summed E-state index contributed by atoms with van der Waals surface area (Å²) in [7, 11) is 0. The molecule has 0 rings (SSSR count). The van der Waals surface area contributed by atoms with Crippen LogP contribution in [0, 0.1) is 17.8 Å². The number of nitrogens with one attached hydrogen (secondary N) is 3. The zero-order chi connectivity index (χ0) is 33.3. The summed E-state index contributed by atoms with van der Waals surface area (Å²) in [5, 5.41) is 62.9. The van der Waals surface area contributed by atoms with Gasteiger partial charge in [-0.25, -0.2) is 0 Å². The summed E-state index contributed by atoms with van der Waals surface area (Å²) >= 11 is 0. The number of aliphatic hydroxyl groups is 5. The van der Waals surface area contributed by atoms with Crippen LogP contribution >= 0.6 is 0 Å². The average molecular weight is 622 g/mol. The van der Waals surface area contributed by atoms with Crippen molar-refractivity contribution in [2.75, 3.05) is 46.2 Å². The van der Waals surface area contributed by atoms with Crippen molar-refractivity contribution in [2.24, 2.45) is 17.8 Å². The molecular weight excluding hydrogens is 578 g/mol. The molecule has 0 spiro atoms. The van der Waals surface area contributed by atoms with E-state index in [9.17, 15) is 54.0 Å². The van der Waals surface area contributed by atoms with Crippen LogP contribution in [0.2, 0.25) is 0 Å². The van der Waals surface area contributed by atoms with E-state index in [1.165, 1.54) is 0 Å². The molecule has 0 unspecified atom stereocenters. The molecule has 0 aromatic rings. The summed E-state index contributed by atoms with van der Waals surface area (Å²) in [5.74, 6) is -10.9. The van der Waals surface area contributed by atoms with Gasteiger partial charge >= 0.3 is 5.97 Å². The van der Waals surface area contributed by atoms with Crippen LogP contribution in [0.5, 0.6) is 0 Å². The van der Waals surface area contributed by atoms with Crippen molar-refractivity contribution in [2.45, 2.75) is 57.7 Å². The largest absolute Gasteiger partial charge is 0.481 e. The van der Waals surface area contributed by atoms with Gasteiger partial charge in [0.15, 0.2) is 17.3 Å². The van der Waals surface area contributed by atoms with Crippen molar-refractivity contribution in [1.29, 1.82) is 0 Å². The third-order valence-corrected chi connectivity index (χ3v) is 6.02. The number of aliphatic carboxylic acids is 1. The molecule has 0 aromatic carbocycles. The number of carbonyl (C=O) groups excluding carboxylic acids is 6. The Kier molecular flexibility index (Phi) is 18.2. The van der Waals surface area contributed by atoms with Crippen molar-refractivity contribution >= 4 is 41.0 Å². The van der Waals surface area contributed by atoms with E-state index in [0.29, 0.717) is 0 Å². The summed E-state index contributed by atoms with van der Waals surface area (Å²) in [5.41, 5.74) is -0.585. The fourth-order valence-corrected chi connectivity index (χ4v) is 3.39. The summed E-state index contributed by atoms with van der Waals surface area (Å²) in [6.45, 7) is -0.0767. The third-order valence-electron chi connectivity index (χ3n) is 6.02. The molecule has 17 nitrogen and oxygen atoms in total. The van der Waals surface area contributed by atoms with Gasteiger partial charge in [-0.1, -0.05) is 0 Å². The fourth-order valence-electron chi connectivity index (χ4n) is 3.39. The normalized spacial score (nSPS) is 14.9. The van der Waals surface area contributed by atoms with Crippen LogP contribution in [0.1, 0.15) is 40.0 Å². The van der Waals surface area contributed by atoms with E-state index in [4.69, 9.17) is 14.9 Å². The second kappa shape index (κ2) is 19.8. The molecule has 0 aliphatic rings. The number of hydrogen-bond donors (Lipinski definition) is 9. The molecule has 0 bridgehead atoms. The monoisotopic (exact) mass is 621 g/mol. The van der Waals surface area contributed by atoms with Crippen LogP contribution < -0.4 is 16.0 Å². The number of ether oxygens (including phenoxy) is 1. The number of rotatable bonds is 22. The maximum absolute atomic E-state index is 12.7. The lowest BCUT2D eigenvalue weighted by Crippen LogP contribution is -2.50. The van der Waals surface area contributed by atoms with Crippen LogP contribution in [0.25, 0.3) is 0 Å². The van der Waals surface area contributed by atoms with E-state index in [1.54, 1.807) is 20.8 Å². The smallest absolute Gasteiger partial charge is 0.309 e. The summed E-state index contributed by atoms with van der Waals surface area (Å²) < 4.78 is 5.28. The Morgan fingerprint density at radius 2 is 1.07 bits per heavy atom. The van der Waals surface area contributed by atoms with Crippen molar-refractivity contribution < 1.29 is 68.9 Å². The highest BCUT2D eigenvalue weighted by Gasteiger charge is 2.32. The predicted molar refractivity (Wildman–Crippen MR) is 145 cm³/mol. The van der Waals surface area contributed by atoms with Crippen LogP contribution in [0.4, 0.5) is 0 Å². The van der Waals surface area contributed by atoms with Crippen LogP contribution in [0.15, 0.2) is 0 Å². The molecule has 43 heavy (non-hydrogen) atoms. The van der Waals surface area contributed by atoms with E-state index < -0.39 is 135 Å². The molecule has 0 saturated heterocycles. The third kappa shape index (κ3) is 15.6. The number of aliphatic hydroxyl groups excluding tert-OH is 5. The van der Waals surface area contributed by atoms with Crippen LogP contribution in [-0.4, -0.2) is 136 Å². The average Bonchev–Trinajstić information content (AvgIpc) is 2.95. The van der Waals surface area contributed by atoms with Gasteiger partial charge in [-0.3, -0.25) is 33.6 Å². The number of carboxylic acid groups (broad SMARTS) is 1. The first kappa shape index (κ1) is 39.6. The number of ketones is 3. The second-order valence-corrected chi connectivity index (χ2v) is 10.7. The maximum Gasteiger partial charge on any atom is 0.309 e. The Morgan fingerprint density at radius 3 is 1.44 bits per heavy atom. The lowest BCUT2D eigenvalue weighted by Gasteiger charge is -2.23. The lowest BCUT2D eigenvalue weighted by molar-refractivity contribution is -0.145. The van der Waals surface area contributed by atoms with Gasteiger partial charge in [0, 0.05) is 19.3 Å². The van der Waals surface area contributed by atoms with Gasteiger partial charge in [0.1, 0.15) is 18.7 Å². The molecule has 0 aromatic heterocycles.